The molecule has 0 radical (unpaired) electrons. The van der Waals surface area contributed by atoms with Crippen molar-refractivity contribution < 1.29 is 4.39 Å². The van der Waals surface area contributed by atoms with Crippen molar-refractivity contribution in [2.24, 2.45) is 0 Å². The van der Waals surface area contributed by atoms with E-state index in [2.05, 4.69) is 5.32 Å². The topological polar surface area (TPSA) is 12.0 Å². The highest BCUT2D eigenvalue weighted by Crippen LogP contribution is 2.23. The lowest BCUT2D eigenvalue weighted by Crippen LogP contribution is -2.19. The smallest absolute Gasteiger partial charge is 0.123 e. The van der Waals surface area contributed by atoms with Crippen LogP contribution in [0.3, 0.4) is 0 Å². The Kier molecular flexibility index (Phi) is 3.14. The SMILES string of the molecule is Fc1ccc(C2CCCCNC2)cc1. The Labute approximate surface area is 84.3 Å². The van der Waals surface area contributed by atoms with Crippen LogP contribution in [0.4, 0.5) is 4.39 Å². The first-order valence-corrected chi connectivity index (χ1v) is 5.32. The molecule has 2 heteroatoms. The van der Waals surface area contributed by atoms with Gasteiger partial charge in [-0.2, -0.15) is 0 Å². The van der Waals surface area contributed by atoms with Gasteiger partial charge in [0.25, 0.3) is 0 Å². The second-order valence-electron chi connectivity index (χ2n) is 3.95. The minimum absolute atomic E-state index is 0.143. The molecule has 1 unspecified atom stereocenters. The number of hydrogen-bond acceptors (Lipinski definition) is 1. The van der Waals surface area contributed by atoms with Crippen molar-refractivity contribution in [3.63, 3.8) is 0 Å². The van der Waals surface area contributed by atoms with E-state index in [-0.39, 0.29) is 5.82 Å². The van der Waals surface area contributed by atoms with Crippen molar-refractivity contribution in [3.05, 3.63) is 35.6 Å². The lowest BCUT2D eigenvalue weighted by molar-refractivity contribution is 0.601. The first-order chi connectivity index (χ1) is 6.86. The summed E-state index contributed by atoms with van der Waals surface area (Å²) in [5, 5.41) is 3.42. The monoisotopic (exact) mass is 193 g/mol. The van der Waals surface area contributed by atoms with Gasteiger partial charge in [0.15, 0.2) is 0 Å². The van der Waals surface area contributed by atoms with E-state index >= 15 is 0 Å². The fraction of sp³-hybridized carbons (Fsp3) is 0.500. The normalized spacial score (nSPS) is 23.1. The molecule has 1 aliphatic rings. The molecule has 2 rings (SSSR count). The zero-order chi connectivity index (χ0) is 9.80. The molecule has 1 aliphatic heterocycles. The molecule has 1 nitrogen and oxygen atoms in total. The molecule has 1 N–H and O–H groups in total. The van der Waals surface area contributed by atoms with Crippen LogP contribution in [0, 0.1) is 5.82 Å². The van der Waals surface area contributed by atoms with E-state index in [0.29, 0.717) is 5.92 Å². The van der Waals surface area contributed by atoms with Gasteiger partial charge in [0, 0.05) is 6.54 Å². The van der Waals surface area contributed by atoms with Crippen LogP contribution in [0.5, 0.6) is 0 Å². The predicted octanol–water partition coefficient (Wildman–Crippen LogP) is 2.68. The van der Waals surface area contributed by atoms with Crippen molar-refractivity contribution in [1.29, 1.82) is 0 Å². The van der Waals surface area contributed by atoms with Crippen LogP contribution in [0.15, 0.2) is 24.3 Å². The fourth-order valence-corrected chi connectivity index (χ4v) is 2.04. The minimum atomic E-state index is -0.143. The third kappa shape index (κ3) is 2.32. The molecule has 0 amide bonds. The Morgan fingerprint density at radius 1 is 1.14 bits per heavy atom. The third-order valence-corrected chi connectivity index (χ3v) is 2.89. The largest absolute Gasteiger partial charge is 0.316 e. The molecule has 1 fully saturated rings. The average molecular weight is 193 g/mol. The van der Waals surface area contributed by atoms with E-state index < -0.39 is 0 Å². The Bertz CT molecular complexity index is 273. The number of nitrogens with one attached hydrogen (secondary N) is 1. The summed E-state index contributed by atoms with van der Waals surface area (Å²) in [4.78, 5) is 0. The van der Waals surface area contributed by atoms with Crippen molar-refractivity contribution in [3.8, 4) is 0 Å². The van der Waals surface area contributed by atoms with E-state index in [1.807, 2.05) is 12.1 Å². The second kappa shape index (κ2) is 4.56. The van der Waals surface area contributed by atoms with Gasteiger partial charge in [-0.25, -0.2) is 4.39 Å². The fourth-order valence-electron chi connectivity index (χ4n) is 2.04. The zero-order valence-corrected chi connectivity index (χ0v) is 8.30. The maximum absolute atomic E-state index is 12.7. The lowest BCUT2D eigenvalue weighted by Gasteiger charge is -2.14. The Hall–Kier alpha value is -0.890. The summed E-state index contributed by atoms with van der Waals surface area (Å²) in [6.07, 6.45) is 3.76. The van der Waals surface area contributed by atoms with Crippen molar-refractivity contribution >= 4 is 0 Å². The summed E-state index contributed by atoms with van der Waals surface area (Å²) < 4.78 is 12.7. The molecule has 1 saturated heterocycles. The van der Waals surface area contributed by atoms with Gasteiger partial charge in [-0.15, -0.1) is 0 Å². The summed E-state index contributed by atoms with van der Waals surface area (Å²) in [6.45, 7) is 2.16. The van der Waals surface area contributed by atoms with Crippen molar-refractivity contribution in [2.45, 2.75) is 25.2 Å². The molecular formula is C12H16FN. The highest BCUT2D eigenvalue weighted by molar-refractivity contribution is 5.21. The summed E-state index contributed by atoms with van der Waals surface area (Å²) in [5.41, 5.74) is 1.26. The molecule has 0 spiro atoms. The number of rotatable bonds is 1. The van der Waals surface area contributed by atoms with Crippen LogP contribution < -0.4 is 5.32 Å². The molecule has 1 atom stereocenters. The molecule has 0 bridgehead atoms. The maximum Gasteiger partial charge on any atom is 0.123 e. The zero-order valence-electron chi connectivity index (χ0n) is 8.30. The molecule has 1 aromatic carbocycles. The standard InChI is InChI=1S/C12H16FN/c13-12-6-4-10(5-7-12)11-3-1-2-8-14-9-11/h4-7,11,14H,1-3,8-9H2. The Morgan fingerprint density at radius 3 is 2.71 bits per heavy atom. The van der Waals surface area contributed by atoms with Crippen molar-refractivity contribution in [2.75, 3.05) is 13.1 Å². The second-order valence-corrected chi connectivity index (χ2v) is 3.95. The number of hydrogen-bond donors (Lipinski definition) is 1. The Morgan fingerprint density at radius 2 is 1.93 bits per heavy atom. The van der Waals surface area contributed by atoms with E-state index in [4.69, 9.17) is 0 Å². The molecule has 76 valence electrons. The third-order valence-electron chi connectivity index (χ3n) is 2.89. The summed E-state index contributed by atoms with van der Waals surface area (Å²) in [5.74, 6) is 0.424. The number of halogens is 1. The van der Waals surface area contributed by atoms with Gasteiger partial charge in [-0.05, 0) is 43.0 Å². The minimum Gasteiger partial charge on any atom is -0.316 e. The predicted molar refractivity (Wildman–Crippen MR) is 55.9 cm³/mol. The highest BCUT2D eigenvalue weighted by atomic mass is 19.1. The first-order valence-electron chi connectivity index (χ1n) is 5.32. The van der Waals surface area contributed by atoms with Crippen LogP contribution >= 0.6 is 0 Å². The average Bonchev–Trinajstić information content (AvgIpc) is 2.47. The molecule has 0 aliphatic carbocycles. The van der Waals surface area contributed by atoms with E-state index in [1.54, 1.807) is 12.1 Å². The van der Waals surface area contributed by atoms with E-state index in [9.17, 15) is 4.39 Å². The van der Waals surface area contributed by atoms with Gasteiger partial charge in [0.2, 0.25) is 0 Å². The quantitative estimate of drug-likeness (QED) is 0.723. The summed E-state index contributed by atoms with van der Waals surface area (Å²) in [7, 11) is 0. The lowest BCUT2D eigenvalue weighted by atomic mass is 9.95. The van der Waals surface area contributed by atoms with Crippen LogP contribution in [-0.2, 0) is 0 Å². The molecule has 14 heavy (non-hydrogen) atoms. The summed E-state index contributed by atoms with van der Waals surface area (Å²) in [6, 6.07) is 6.93. The van der Waals surface area contributed by atoms with E-state index in [1.165, 1.54) is 24.8 Å². The molecular weight excluding hydrogens is 177 g/mol. The van der Waals surface area contributed by atoms with Gasteiger partial charge in [0.05, 0.1) is 0 Å². The van der Waals surface area contributed by atoms with Gasteiger partial charge in [0.1, 0.15) is 5.82 Å². The van der Waals surface area contributed by atoms with Crippen LogP contribution in [0.1, 0.15) is 30.7 Å². The maximum atomic E-state index is 12.7. The highest BCUT2D eigenvalue weighted by Gasteiger charge is 2.13. The van der Waals surface area contributed by atoms with E-state index in [0.717, 1.165) is 13.1 Å². The molecule has 0 aromatic heterocycles. The van der Waals surface area contributed by atoms with Gasteiger partial charge < -0.3 is 5.32 Å². The van der Waals surface area contributed by atoms with Crippen molar-refractivity contribution in [1.82, 2.24) is 5.32 Å². The summed E-state index contributed by atoms with van der Waals surface area (Å²) >= 11 is 0. The Balaban J connectivity index is 2.08. The van der Waals surface area contributed by atoms with Crippen LogP contribution in [-0.4, -0.2) is 13.1 Å². The van der Waals surface area contributed by atoms with Crippen LogP contribution in [0.25, 0.3) is 0 Å². The number of benzene rings is 1. The van der Waals surface area contributed by atoms with Gasteiger partial charge >= 0.3 is 0 Å². The van der Waals surface area contributed by atoms with Gasteiger partial charge in [-0.3, -0.25) is 0 Å². The molecule has 1 aromatic rings. The van der Waals surface area contributed by atoms with Crippen LogP contribution in [0.2, 0.25) is 0 Å². The molecule has 1 heterocycles. The molecule has 0 saturated carbocycles. The first kappa shape index (κ1) is 9.66. The van der Waals surface area contributed by atoms with Gasteiger partial charge in [-0.1, -0.05) is 18.6 Å².